The molecule has 1 aliphatic rings. The molecule has 1 aromatic heterocycles. The molecule has 166 valence electrons. The summed E-state index contributed by atoms with van der Waals surface area (Å²) >= 11 is 3.25. The Morgan fingerprint density at radius 3 is 2.47 bits per heavy atom. The van der Waals surface area contributed by atoms with Crippen molar-refractivity contribution in [3.63, 3.8) is 0 Å². The summed E-state index contributed by atoms with van der Waals surface area (Å²) in [6.45, 7) is 4.50. The molecule has 0 aromatic carbocycles. The van der Waals surface area contributed by atoms with Gasteiger partial charge in [0, 0.05) is 13.8 Å². The number of hydrogen-bond acceptors (Lipinski definition) is 9. The van der Waals surface area contributed by atoms with Gasteiger partial charge in [-0.05, 0) is 13.8 Å². The van der Waals surface area contributed by atoms with Crippen molar-refractivity contribution in [1.29, 1.82) is 0 Å². The van der Waals surface area contributed by atoms with E-state index in [1.807, 2.05) is 0 Å². The molecule has 1 fully saturated rings. The van der Waals surface area contributed by atoms with E-state index in [4.69, 9.17) is 18.9 Å². The Labute approximate surface area is 177 Å². The lowest BCUT2D eigenvalue weighted by atomic mass is 10.1. The van der Waals surface area contributed by atoms with Crippen LogP contribution in [0.4, 0.5) is 4.39 Å². The van der Waals surface area contributed by atoms with Crippen LogP contribution >= 0.6 is 15.9 Å². The van der Waals surface area contributed by atoms with Crippen molar-refractivity contribution >= 4 is 33.8 Å². The van der Waals surface area contributed by atoms with E-state index in [-0.39, 0.29) is 0 Å². The van der Waals surface area contributed by atoms with E-state index in [0.717, 1.165) is 18.4 Å². The minimum atomic E-state index is -1.58. The zero-order chi connectivity index (χ0) is 22.8. The number of H-pyrrole nitrogens is 1. The molecule has 2 rings (SSSR count). The topological polar surface area (TPSA) is 143 Å². The SMILES string of the molecule is CC(=O)O[C@H]1[C@@H](Br)[C@H](n2cc(F)c(=O)[nH]c2=O)O[C@@H]1COC(=O)C(C)(C)OC(C)=O. The van der Waals surface area contributed by atoms with Crippen molar-refractivity contribution in [2.75, 3.05) is 6.61 Å². The molecular weight excluding hydrogens is 475 g/mol. The number of nitrogens with one attached hydrogen (secondary N) is 1. The summed E-state index contributed by atoms with van der Waals surface area (Å²) in [5.41, 5.74) is -3.73. The summed E-state index contributed by atoms with van der Waals surface area (Å²) < 4.78 is 35.3. The Bertz CT molecular complexity index is 957. The standard InChI is InChI=1S/C17H20BrFN2O9/c1-7(22)28-12-10(6-27-15(25)17(3,4)30-8(2)23)29-14(11(12)18)21-5-9(19)13(24)20-16(21)26/h5,10-12,14H,6H2,1-4H3,(H,20,24,26)/t10-,11-,12-,14-/m1/s1. The van der Waals surface area contributed by atoms with Crippen molar-refractivity contribution in [3.8, 4) is 0 Å². The second-order valence-corrected chi connectivity index (χ2v) is 7.99. The number of carbonyl (C=O) groups is 3. The number of hydrogen-bond donors (Lipinski definition) is 1. The molecule has 1 aromatic rings. The van der Waals surface area contributed by atoms with Gasteiger partial charge >= 0.3 is 23.6 Å². The number of halogens is 2. The highest BCUT2D eigenvalue weighted by Crippen LogP contribution is 2.36. The van der Waals surface area contributed by atoms with E-state index in [1.54, 1.807) is 4.98 Å². The Morgan fingerprint density at radius 1 is 1.27 bits per heavy atom. The maximum atomic E-state index is 13.7. The van der Waals surface area contributed by atoms with Crippen molar-refractivity contribution < 1.29 is 37.7 Å². The fourth-order valence-corrected chi connectivity index (χ4v) is 3.59. The third kappa shape index (κ3) is 5.33. The summed E-state index contributed by atoms with van der Waals surface area (Å²) in [7, 11) is 0. The van der Waals surface area contributed by atoms with Gasteiger partial charge in [-0.2, -0.15) is 4.39 Å². The predicted octanol–water partition coefficient (Wildman–Crippen LogP) is 0.153. The lowest BCUT2D eigenvalue weighted by Crippen LogP contribution is -2.41. The maximum absolute atomic E-state index is 13.7. The van der Waals surface area contributed by atoms with E-state index in [9.17, 15) is 28.4 Å². The highest BCUT2D eigenvalue weighted by Gasteiger charge is 2.48. The van der Waals surface area contributed by atoms with Gasteiger partial charge in [0.2, 0.25) is 11.4 Å². The van der Waals surface area contributed by atoms with Crippen LogP contribution < -0.4 is 11.2 Å². The largest absolute Gasteiger partial charge is 0.460 e. The van der Waals surface area contributed by atoms with Crippen LogP contribution in [0.2, 0.25) is 0 Å². The minimum Gasteiger partial charge on any atom is -0.460 e. The van der Waals surface area contributed by atoms with Gasteiger partial charge in [-0.1, -0.05) is 15.9 Å². The van der Waals surface area contributed by atoms with E-state index >= 15 is 0 Å². The van der Waals surface area contributed by atoms with Gasteiger partial charge in [0.15, 0.2) is 6.23 Å². The van der Waals surface area contributed by atoms with E-state index < -0.39 is 70.4 Å². The van der Waals surface area contributed by atoms with E-state index in [2.05, 4.69) is 15.9 Å². The van der Waals surface area contributed by atoms with Gasteiger partial charge in [-0.15, -0.1) is 0 Å². The monoisotopic (exact) mass is 494 g/mol. The fourth-order valence-electron chi connectivity index (χ4n) is 2.77. The molecule has 0 saturated carbocycles. The van der Waals surface area contributed by atoms with Gasteiger partial charge in [0.1, 0.15) is 18.8 Å². The fraction of sp³-hybridized carbons (Fsp3) is 0.588. The van der Waals surface area contributed by atoms with Crippen molar-refractivity contribution in [2.45, 2.75) is 56.6 Å². The second kappa shape index (κ2) is 9.08. The summed E-state index contributed by atoms with van der Waals surface area (Å²) in [4.78, 5) is 59.1. The van der Waals surface area contributed by atoms with Crippen molar-refractivity contribution in [3.05, 3.63) is 32.9 Å². The van der Waals surface area contributed by atoms with E-state index in [1.165, 1.54) is 13.8 Å². The van der Waals surface area contributed by atoms with Gasteiger partial charge < -0.3 is 18.9 Å². The molecule has 0 amide bonds. The van der Waals surface area contributed by atoms with Crippen LogP contribution in [0.5, 0.6) is 0 Å². The average Bonchev–Trinajstić information content (AvgIpc) is 2.90. The molecule has 1 N–H and O–H groups in total. The zero-order valence-corrected chi connectivity index (χ0v) is 18.1. The lowest BCUT2D eigenvalue weighted by Gasteiger charge is -2.24. The number of esters is 3. The number of ether oxygens (including phenoxy) is 4. The number of carbonyl (C=O) groups excluding carboxylic acids is 3. The molecular formula is C17H20BrFN2O9. The first-order valence-corrected chi connectivity index (χ1v) is 9.59. The number of nitrogens with zero attached hydrogens (tertiary/aromatic N) is 1. The Balaban J connectivity index is 2.24. The normalized spacial score (nSPS) is 23.7. The number of aromatic amines is 1. The van der Waals surface area contributed by atoms with Crippen LogP contribution in [0, 0.1) is 5.82 Å². The maximum Gasteiger partial charge on any atom is 0.350 e. The molecule has 0 unspecified atom stereocenters. The predicted molar refractivity (Wildman–Crippen MR) is 100 cm³/mol. The lowest BCUT2D eigenvalue weighted by molar-refractivity contribution is -0.181. The molecule has 0 bridgehead atoms. The Hall–Kier alpha value is -2.54. The first-order chi connectivity index (χ1) is 13.8. The third-order valence-corrected chi connectivity index (χ3v) is 5.01. The summed E-state index contributed by atoms with van der Waals surface area (Å²) in [5.74, 6) is -3.47. The van der Waals surface area contributed by atoms with Gasteiger partial charge in [-0.25, -0.2) is 9.59 Å². The number of alkyl halides is 1. The smallest absolute Gasteiger partial charge is 0.350 e. The molecule has 1 saturated heterocycles. The minimum absolute atomic E-state index is 0.430. The Kier molecular flexibility index (Phi) is 7.18. The van der Waals surface area contributed by atoms with Gasteiger partial charge in [0.05, 0.1) is 11.0 Å². The summed E-state index contributed by atoms with van der Waals surface area (Å²) in [6, 6.07) is 0. The zero-order valence-electron chi connectivity index (χ0n) is 16.5. The van der Waals surface area contributed by atoms with Crippen molar-refractivity contribution in [1.82, 2.24) is 9.55 Å². The quantitative estimate of drug-likeness (QED) is 0.332. The first-order valence-electron chi connectivity index (χ1n) is 8.68. The molecule has 11 nitrogen and oxygen atoms in total. The highest BCUT2D eigenvalue weighted by atomic mass is 79.9. The Morgan fingerprint density at radius 2 is 1.90 bits per heavy atom. The molecule has 0 aliphatic carbocycles. The average molecular weight is 495 g/mol. The molecule has 2 heterocycles. The summed E-state index contributed by atoms with van der Waals surface area (Å²) in [6.07, 6.45) is -2.62. The molecule has 1 aliphatic heterocycles. The highest BCUT2D eigenvalue weighted by molar-refractivity contribution is 9.09. The number of rotatable bonds is 6. The molecule has 13 heteroatoms. The molecule has 0 radical (unpaired) electrons. The van der Waals surface area contributed by atoms with E-state index in [0.29, 0.717) is 6.20 Å². The van der Waals surface area contributed by atoms with Crippen LogP contribution in [0.1, 0.15) is 33.9 Å². The molecule has 30 heavy (non-hydrogen) atoms. The van der Waals surface area contributed by atoms with Crippen LogP contribution in [-0.4, -0.2) is 56.7 Å². The second-order valence-electron chi connectivity index (χ2n) is 6.93. The van der Waals surface area contributed by atoms with Crippen LogP contribution in [0.3, 0.4) is 0 Å². The molecule has 4 atom stereocenters. The van der Waals surface area contributed by atoms with Crippen LogP contribution in [0.25, 0.3) is 0 Å². The first kappa shape index (κ1) is 23.7. The molecule has 0 spiro atoms. The van der Waals surface area contributed by atoms with Gasteiger partial charge in [-0.3, -0.25) is 23.9 Å². The van der Waals surface area contributed by atoms with Crippen molar-refractivity contribution in [2.24, 2.45) is 0 Å². The van der Waals surface area contributed by atoms with Gasteiger partial charge in [0.25, 0.3) is 5.56 Å². The number of aromatic nitrogens is 2. The van der Waals surface area contributed by atoms with Crippen LogP contribution in [-0.2, 0) is 33.3 Å². The third-order valence-electron chi connectivity index (χ3n) is 4.04. The summed E-state index contributed by atoms with van der Waals surface area (Å²) in [5, 5.41) is 0. The van der Waals surface area contributed by atoms with Crippen LogP contribution in [0.15, 0.2) is 15.8 Å².